The molecular weight excluding hydrogens is 250 g/mol. The first kappa shape index (κ1) is 15.2. The Hall–Kier alpha value is -1.22. The van der Waals surface area contributed by atoms with Gasteiger partial charge in [-0.1, -0.05) is 20.8 Å². The summed E-state index contributed by atoms with van der Waals surface area (Å²) in [6.07, 6.45) is 3.70. The molecule has 2 unspecified atom stereocenters. The highest BCUT2D eigenvalue weighted by atomic mass is 16.5. The van der Waals surface area contributed by atoms with Gasteiger partial charge in [-0.3, -0.25) is 0 Å². The Bertz CT molecular complexity index is 429. The molecule has 1 aromatic rings. The number of hydrogen-bond acceptors (Lipinski definition) is 3. The Balaban J connectivity index is 2.28. The quantitative estimate of drug-likeness (QED) is 0.854. The number of hydrogen-bond donors (Lipinski definition) is 1. The fourth-order valence-electron chi connectivity index (χ4n) is 3.15. The van der Waals surface area contributed by atoms with E-state index in [2.05, 4.69) is 32.2 Å². The summed E-state index contributed by atoms with van der Waals surface area (Å²) in [5.74, 6) is 2.54. The van der Waals surface area contributed by atoms with Crippen LogP contribution in [0.5, 0.6) is 11.5 Å². The van der Waals surface area contributed by atoms with Crippen LogP contribution in [-0.4, -0.2) is 19.8 Å². The maximum atomic E-state index is 6.26. The maximum Gasteiger partial charge on any atom is 0.124 e. The molecule has 1 aliphatic heterocycles. The standard InChI is InChI=1S/C17H27NO2/c1-5-12(6-2)17-11-15(18-7-3)14-10-13(19-4)8-9-16(14)20-17/h8-10,12,15,17-18H,5-7,11H2,1-4H3. The van der Waals surface area contributed by atoms with Gasteiger partial charge in [-0.15, -0.1) is 0 Å². The number of benzene rings is 1. The second-order valence-corrected chi connectivity index (χ2v) is 5.48. The van der Waals surface area contributed by atoms with Crippen LogP contribution >= 0.6 is 0 Å². The molecule has 3 nitrogen and oxygen atoms in total. The predicted octanol–water partition coefficient (Wildman–Crippen LogP) is 3.93. The van der Waals surface area contributed by atoms with Gasteiger partial charge in [0.15, 0.2) is 0 Å². The highest BCUT2D eigenvalue weighted by molar-refractivity contribution is 5.43. The molecule has 0 spiro atoms. The first-order valence-corrected chi connectivity index (χ1v) is 7.81. The molecule has 1 aliphatic rings. The minimum atomic E-state index is 0.315. The van der Waals surface area contributed by atoms with Gasteiger partial charge in [0.25, 0.3) is 0 Å². The number of ether oxygens (including phenoxy) is 2. The van der Waals surface area contributed by atoms with Gasteiger partial charge in [0.1, 0.15) is 17.6 Å². The molecule has 0 bridgehead atoms. The van der Waals surface area contributed by atoms with E-state index >= 15 is 0 Å². The number of nitrogens with one attached hydrogen (secondary N) is 1. The lowest BCUT2D eigenvalue weighted by molar-refractivity contribution is 0.0881. The summed E-state index contributed by atoms with van der Waals surface area (Å²) >= 11 is 0. The van der Waals surface area contributed by atoms with Gasteiger partial charge in [0.2, 0.25) is 0 Å². The summed E-state index contributed by atoms with van der Waals surface area (Å²) in [6.45, 7) is 7.63. The van der Waals surface area contributed by atoms with E-state index in [1.54, 1.807) is 7.11 Å². The van der Waals surface area contributed by atoms with Crippen LogP contribution < -0.4 is 14.8 Å². The van der Waals surface area contributed by atoms with E-state index < -0.39 is 0 Å². The molecule has 0 fully saturated rings. The molecule has 3 heteroatoms. The van der Waals surface area contributed by atoms with E-state index in [1.807, 2.05) is 12.1 Å². The van der Waals surface area contributed by atoms with Crippen LogP contribution in [0.1, 0.15) is 51.6 Å². The van der Waals surface area contributed by atoms with Crippen LogP contribution in [0.15, 0.2) is 18.2 Å². The monoisotopic (exact) mass is 277 g/mol. The van der Waals surface area contributed by atoms with Crippen molar-refractivity contribution in [2.75, 3.05) is 13.7 Å². The van der Waals surface area contributed by atoms with Gasteiger partial charge in [-0.05, 0) is 43.5 Å². The molecule has 0 aromatic heterocycles. The fraction of sp³-hybridized carbons (Fsp3) is 0.647. The van der Waals surface area contributed by atoms with E-state index in [4.69, 9.17) is 9.47 Å². The molecule has 1 aromatic carbocycles. The molecule has 1 heterocycles. The SMILES string of the molecule is CCNC1CC(C(CC)CC)Oc2ccc(OC)cc21. The van der Waals surface area contributed by atoms with Crippen molar-refractivity contribution in [1.29, 1.82) is 0 Å². The van der Waals surface area contributed by atoms with Crippen LogP contribution in [0.2, 0.25) is 0 Å². The van der Waals surface area contributed by atoms with Crippen LogP contribution in [0.4, 0.5) is 0 Å². The van der Waals surface area contributed by atoms with Crippen LogP contribution in [0.3, 0.4) is 0 Å². The molecule has 2 rings (SSSR count). The minimum Gasteiger partial charge on any atom is -0.497 e. The van der Waals surface area contributed by atoms with Gasteiger partial charge in [-0.25, -0.2) is 0 Å². The van der Waals surface area contributed by atoms with Crippen molar-refractivity contribution in [3.63, 3.8) is 0 Å². The third kappa shape index (κ3) is 3.09. The maximum absolute atomic E-state index is 6.26. The van der Waals surface area contributed by atoms with E-state index in [9.17, 15) is 0 Å². The molecule has 1 N–H and O–H groups in total. The molecule has 0 saturated heterocycles. The van der Waals surface area contributed by atoms with Crippen LogP contribution in [0, 0.1) is 5.92 Å². The van der Waals surface area contributed by atoms with E-state index in [0.29, 0.717) is 18.1 Å². The fourth-order valence-corrected chi connectivity index (χ4v) is 3.15. The molecular formula is C17H27NO2. The van der Waals surface area contributed by atoms with Gasteiger partial charge in [0.05, 0.1) is 7.11 Å². The summed E-state index contributed by atoms with van der Waals surface area (Å²) in [6, 6.07) is 6.50. The summed E-state index contributed by atoms with van der Waals surface area (Å²) < 4.78 is 11.6. The highest BCUT2D eigenvalue weighted by Crippen LogP contribution is 2.39. The smallest absolute Gasteiger partial charge is 0.124 e. The Morgan fingerprint density at radius 2 is 2.05 bits per heavy atom. The van der Waals surface area contributed by atoms with Crippen molar-refractivity contribution in [2.45, 2.75) is 52.2 Å². The lowest BCUT2D eigenvalue weighted by Gasteiger charge is -2.36. The van der Waals surface area contributed by atoms with E-state index in [1.165, 1.54) is 18.4 Å². The Morgan fingerprint density at radius 3 is 2.65 bits per heavy atom. The van der Waals surface area contributed by atoms with Gasteiger partial charge in [0, 0.05) is 18.0 Å². The highest BCUT2D eigenvalue weighted by Gasteiger charge is 2.31. The Kier molecular flexibility index (Phi) is 5.30. The largest absolute Gasteiger partial charge is 0.497 e. The van der Waals surface area contributed by atoms with Crippen molar-refractivity contribution in [2.24, 2.45) is 5.92 Å². The van der Waals surface area contributed by atoms with Crippen molar-refractivity contribution in [3.05, 3.63) is 23.8 Å². The zero-order valence-electron chi connectivity index (χ0n) is 13.1. The third-order valence-electron chi connectivity index (χ3n) is 4.36. The number of rotatable bonds is 6. The van der Waals surface area contributed by atoms with E-state index in [0.717, 1.165) is 24.5 Å². The molecule has 20 heavy (non-hydrogen) atoms. The molecule has 0 radical (unpaired) electrons. The van der Waals surface area contributed by atoms with Gasteiger partial charge < -0.3 is 14.8 Å². The molecule has 0 aliphatic carbocycles. The lowest BCUT2D eigenvalue weighted by Crippen LogP contribution is -2.37. The van der Waals surface area contributed by atoms with Crippen molar-refractivity contribution in [3.8, 4) is 11.5 Å². The molecule has 112 valence electrons. The van der Waals surface area contributed by atoms with E-state index in [-0.39, 0.29) is 0 Å². The van der Waals surface area contributed by atoms with Gasteiger partial charge in [-0.2, -0.15) is 0 Å². The zero-order valence-corrected chi connectivity index (χ0v) is 13.1. The van der Waals surface area contributed by atoms with Crippen molar-refractivity contribution in [1.82, 2.24) is 5.32 Å². The normalized spacial score (nSPS) is 21.4. The van der Waals surface area contributed by atoms with Crippen molar-refractivity contribution < 1.29 is 9.47 Å². The van der Waals surface area contributed by atoms with Crippen LogP contribution in [-0.2, 0) is 0 Å². The second kappa shape index (κ2) is 6.98. The van der Waals surface area contributed by atoms with Crippen molar-refractivity contribution >= 4 is 0 Å². The summed E-state index contributed by atoms with van der Waals surface area (Å²) in [7, 11) is 1.71. The van der Waals surface area contributed by atoms with Crippen LogP contribution in [0.25, 0.3) is 0 Å². The average molecular weight is 277 g/mol. The molecule has 0 saturated carbocycles. The zero-order chi connectivity index (χ0) is 14.5. The molecule has 0 amide bonds. The summed E-state index contributed by atoms with van der Waals surface area (Å²) in [5, 5.41) is 3.59. The number of methoxy groups -OCH3 is 1. The summed E-state index contributed by atoms with van der Waals surface area (Å²) in [5.41, 5.74) is 1.23. The second-order valence-electron chi connectivity index (χ2n) is 5.48. The lowest BCUT2D eigenvalue weighted by atomic mass is 9.87. The van der Waals surface area contributed by atoms with Gasteiger partial charge >= 0.3 is 0 Å². The topological polar surface area (TPSA) is 30.5 Å². The average Bonchev–Trinajstić information content (AvgIpc) is 2.48. The Morgan fingerprint density at radius 1 is 1.30 bits per heavy atom. The molecule has 2 atom stereocenters. The Labute approximate surface area is 122 Å². The summed E-state index contributed by atoms with van der Waals surface area (Å²) in [4.78, 5) is 0. The first-order chi connectivity index (χ1) is 9.73. The number of fused-ring (bicyclic) bond motifs is 1. The third-order valence-corrected chi connectivity index (χ3v) is 4.36. The minimum absolute atomic E-state index is 0.315. The first-order valence-electron chi connectivity index (χ1n) is 7.81. The predicted molar refractivity (Wildman–Crippen MR) is 82.5 cm³/mol.